The van der Waals surface area contributed by atoms with Gasteiger partial charge in [0.05, 0.1) is 17.3 Å². The summed E-state index contributed by atoms with van der Waals surface area (Å²) in [6, 6.07) is 18.9. The summed E-state index contributed by atoms with van der Waals surface area (Å²) in [7, 11) is 0. The van der Waals surface area contributed by atoms with E-state index in [1.165, 1.54) is 0 Å². The summed E-state index contributed by atoms with van der Waals surface area (Å²) >= 11 is 6.62. The molecule has 2 amide bonds. The normalized spacial score (nSPS) is 13.3. The van der Waals surface area contributed by atoms with Gasteiger partial charge in [-0.15, -0.1) is 0 Å². The second kappa shape index (κ2) is 13.6. The number of ether oxygens (including phenoxy) is 2. The van der Waals surface area contributed by atoms with Crippen molar-refractivity contribution in [3.05, 3.63) is 82.4 Å². The number of hydrogen-bond acceptors (Lipinski definition) is 5. The van der Waals surface area contributed by atoms with E-state index in [4.69, 9.17) is 21.1 Å². The lowest BCUT2D eigenvalue weighted by molar-refractivity contribution is -0.118. The molecule has 1 aliphatic heterocycles. The quantitative estimate of drug-likeness (QED) is 0.303. The topological polar surface area (TPSA) is 71.1 Å². The molecule has 0 bridgehead atoms. The highest BCUT2D eigenvalue weighted by Gasteiger charge is 2.23. The van der Waals surface area contributed by atoms with Crippen LogP contribution in [0.1, 0.15) is 54.6 Å². The molecule has 1 heterocycles. The van der Waals surface area contributed by atoms with Crippen LogP contribution in [0.25, 0.3) is 0 Å². The summed E-state index contributed by atoms with van der Waals surface area (Å²) < 4.78 is 11.5. The highest BCUT2D eigenvalue weighted by molar-refractivity contribution is 6.33. The maximum atomic E-state index is 13.0. The lowest BCUT2D eigenvalue weighted by atomic mass is 10.0. The van der Waals surface area contributed by atoms with Crippen molar-refractivity contribution in [1.29, 1.82) is 0 Å². The molecule has 4 rings (SSSR count). The third kappa shape index (κ3) is 7.48. The molecule has 0 saturated carbocycles. The van der Waals surface area contributed by atoms with Gasteiger partial charge in [0.2, 0.25) is 0 Å². The summed E-state index contributed by atoms with van der Waals surface area (Å²) in [4.78, 5) is 29.6. The number of anilines is 2. The van der Waals surface area contributed by atoms with Crippen LogP contribution >= 0.6 is 11.6 Å². The van der Waals surface area contributed by atoms with Crippen molar-refractivity contribution in [1.82, 2.24) is 4.90 Å². The predicted octanol–water partition coefficient (Wildman–Crippen LogP) is 6.54. The molecule has 212 valence electrons. The summed E-state index contributed by atoms with van der Waals surface area (Å²) in [5.41, 5.74) is 4.29. The Morgan fingerprint density at radius 2 is 1.68 bits per heavy atom. The number of carbonyl (C=O) groups excluding carboxylic acids is 2. The van der Waals surface area contributed by atoms with Gasteiger partial charge in [-0.05, 0) is 78.9 Å². The van der Waals surface area contributed by atoms with Gasteiger partial charge in [-0.2, -0.15) is 0 Å². The second-order valence-corrected chi connectivity index (χ2v) is 10.8. The Kier molecular flexibility index (Phi) is 9.93. The minimum atomic E-state index is -0.253. The number of rotatable bonds is 10. The van der Waals surface area contributed by atoms with Crippen molar-refractivity contribution in [2.45, 2.75) is 40.0 Å². The number of aryl methyl sites for hydroxylation is 1. The van der Waals surface area contributed by atoms with Crippen molar-refractivity contribution in [3.63, 3.8) is 0 Å². The average molecular weight is 564 g/mol. The van der Waals surface area contributed by atoms with E-state index >= 15 is 0 Å². The maximum Gasteiger partial charge on any atom is 0.262 e. The van der Waals surface area contributed by atoms with Crippen LogP contribution in [0.3, 0.4) is 0 Å². The van der Waals surface area contributed by atoms with Gasteiger partial charge in [-0.3, -0.25) is 9.59 Å². The van der Waals surface area contributed by atoms with Crippen LogP contribution in [0, 0.1) is 6.92 Å². The van der Waals surface area contributed by atoms with E-state index in [2.05, 4.69) is 31.0 Å². The number of benzene rings is 3. The third-order valence-electron chi connectivity index (χ3n) is 6.86. The Labute approximate surface area is 242 Å². The molecule has 0 aromatic heterocycles. The Bertz CT molecular complexity index is 1320. The van der Waals surface area contributed by atoms with E-state index in [1.807, 2.05) is 66.4 Å². The summed E-state index contributed by atoms with van der Waals surface area (Å²) in [5.74, 6) is 1.56. The Hall–Kier alpha value is -3.71. The van der Waals surface area contributed by atoms with Gasteiger partial charge in [0.15, 0.2) is 6.61 Å². The van der Waals surface area contributed by atoms with Crippen molar-refractivity contribution in [3.8, 4) is 11.5 Å². The fourth-order valence-electron chi connectivity index (χ4n) is 4.67. The number of nitrogens with zero attached hydrogens (tertiary/aromatic N) is 2. The van der Waals surface area contributed by atoms with E-state index in [9.17, 15) is 9.59 Å². The average Bonchev–Trinajstić information content (AvgIpc) is 2.95. The molecule has 1 saturated heterocycles. The molecule has 0 spiro atoms. The van der Waals surface area contributed by atoms with Crippen LogP contribution in [0.5, 0.6) is 11.5 Å². The zero-order valence-electron chi connectivity index (χ0n) is 23.7. The number of hydrogen-bond donors (Lipinski definition) is 1. The molecular formula is C32H38ClN3O4. The fraction of sp³-hybridized carbons (Fsp3) is 0.375. The van der Waals surface area contributed by atoms with Crippen molar-refractivity contribution in [2.24, 2.45) is 0 Å². The second-order valence-electron chi connectivity index (χ2n) is 10.4. The van der Waals surface area contributed by atoms with Crippen LogP contribution in [-0.4, -0.2) is 56.1 Å². The van der Waals surface area contributed by atoms with E-state index < -0.39 is 0 Å². The Balaban J connectivity index is 1.29. The molecule has 0 atom stereocenters. The number of amides is 2. The monoisotopic (exact) mass is 563 g/mol. The first-order valence-electron chi connectivity index (χ1n) is 13.8. The zero-order chi connectivity index (χ0) is 28.6. The van der Waals surface area contributed by atoms with Gasteiger partial charge in [0.25, 0.3) is 11.8 Å². The first kappa shape index (κ1) is 29.3. The van der Waals surface area contributed by atoms with Gasteiger partial charge in [0, 0.05) is 37.4 Å². The van der Waals surface area contributed by atoms with E-state index in [-0.39, 0.29) is 18.4 Å². The Morgan fingerprint density at radius 3 is 2.33 bits per heavy atom. The SMILES string of the molecule is CCCOc1ccc(C(=O)N2CCN(c3ccc(NC(=O)COc4cc(C)ccc4C(C)C)cc3Cl)CC2)cc1. The van der Waals surface area contributed by atoms with Crippen molar-refractivity contribution >= 4 is 34.8 Å². The molecule has 1 N–H and O–H groups in total. The number of halogens is 1. The molecule has 40 heavy (non-hydrogen) atoms. The standard InChI is InChI=1S/C32H38ClN3O4/c1-5-18-39-26-10-7-24(8-11-26)32(38)36-16-14-35(15-17-36)29-13-9-25(20-28(29)33)34-31(37)21-40-30-19-23(4)6-12-27(30)22(2)3/h6-13,19-20,22H,5,14-18,21H2,1-4H3,(H,34,37). The Morgan fingerprint density at radius 1 is 0.950 bits per heavy atom. The predicted molar refractivity (Wildman–Crippen MR) is 161 cm³/mol. The van der Waals surface area contributed by atoms with Crippen molar-refractivity contribution in [2.75, 3.05) is 49.6 Å². The van der Waals surface area contributed by atoms with E-state index in [1.54, 1.807) is 6.07 Å². The lowest BCUT2D eigenvalue weighted by Gasteiger charge is -2.36. The number of piperazine rings is 1. The van der Waals surface area contributed by atoms with E-state index in [0.717, 1.165) is 34.7 Å². The molecule has 1 aliphatic rings. The fourth-order valence-corrected chi connectivity index (χ4v) is 4.97. The minimum absolute atomic E-state index is 0.0132. The summed E-state index contributed by atoms with van der Waals surface area (Å²) in [6.45, 7) is 11.3. The molecule has 0 radical (unpaired) electrons. The molecule has 3 aromatic carbocycles. The van der Waals surface area contributed by atoms with Gasteiger partial charge in [-0.1, -0.05) is 44.5 Å². The van der Waals surface area contributed by atoms with Crippen LogP contribution in [0.15, 0.2) is 60.7 Å². The van der Waals surface area contributed by atoms with Crippen LogP contribution in [0.2, 0.25) is 5.02 Å². The first-order chi connectivity index (χ1) is 19.2. The maximum absolute atomic E-state index is 13.0. The van der Waals surface area contributed by atoms with Crippen LogP contribution in [0.4, 0.5) is 11.4 Å². The smallest absolute Gasteiger partial charge is 0.262 e. The highest BCUT2D eigenvalue weighted by Crippen LogP contribution is 2.31. The molecule has 8 heteroatoms. The molecule has 7 nitrogen and oxygen atoms in total. The molecule has 1 fully saturated rings. The third-order valence-corrected chi connectivity index (χ3v) is 7.17. The summed E-state index contributed by atoms with van der Waals surface area (Å²) in [5, 5.41) is 3.42. The largest absolute Gasteiger partial charge is 0.494 e. The zero-order valence-corrected chi connectivity index (χ0v) is 24.5. The molecule has 0 unspecified atom stereocenters. The number of nitrogens with one attached hydrogen (secondary N) is 1. The summed E-state index contributed by atoms with van der Waals surface area (Å²) in [6.07, 6.45) is 0.940. The lowest BCUT2D eigenvalue weighted by Crippen LogP contribution is -2.48. The van der Waals surface area contributed by atoms with Crippen LogP contribution < -0.4 is 19.7 Å². The highest BCUT2D eigenvalue weighted by atomic mass is 35.5. The molecule has 0 aliphatic carbocycles. The van der Waals surface area contributed by atoms with Gasteiger partial charge < -0.3 is 24.6 Å². The molecule has 3 aromatic rings. The first-order valence-corrected chi connectivity index (χ1v) is 14.2. The minimum Gasteiger partial charge on any atom is -0.494 e. The van der Waals surface area contributed by atoms with Crippen LogP contribution in [-0.2, 0) is 4.79 Å². The van der Waals surface area contributed by atoms with Gasteiger partial charge in [-0.25, -0.2) is 0 Å². The number of carbonyl (C=O) groups is 2. The van der Waals surface area contributed by atoms with Gasteiger partial charge >= 0.3 is 0 Å². The van der Waals surface area contributed by atoms with E-state index in [0.29, 0.717) is 55.0 Å². The molecular weight excluding hydrogens is 526 g/mol. The van der Waals surface area contributed by atoms with Crippen molar-refractivity contribution < 1.29 is 19.1 Å². The van der Waals surface area contributed by atoms with Gasteiger partial charge in [0.1, 0.15) is 11.5 Å².